The van der Waals surface area contributed by atoms with E-state index in [9.17, 15) is 0 Å². The summed E-state index contributed by atoms with van der Waals surface area (Å²) in [4.78, 5) is 0. The van der Waals surface area contributed by atoms with E-state index in [1.165, 1.54) is 24.0 Å². The molecule has 0 bridgehead atoms. The van der Waals surface area contributed by atoms with Crippen LogP contribution in [0.1, 0.15) is 36.8 Å². The summed E-state index contributed by atoms with van der Waals surface area (Å²) in [5, 5.41) is 0. The fraction of sp³-hybridized carbons (Fsp3) is 0.571. The van der Waals surface area contributed by atoms with Gasteiger partial charge in [0.05, 0.1) is 6.61 Å². The molecular weight excluding hydrogens is 198 g/mol. The normalized spacial score (nSPS) is 10.4. The number of unbranched alkanes of at least 4 members (excludes halogenated alkanes) is 3. The number of nitrogens with two attached hydrogens (primary N) is 1. The van der Waals surface area contributed by atoms with E-state index in [1.54, 1.807) is 0 Å². The molecule has 0 radical (unpaired) electrons. The van der Waals surface area contributed by atoms with Crippen LogP contribution < -0.4 is 10.5 Å². The quantitative estimate of drug-likeness (QED) is 0.718. The van der Waals surface area contributed by atoms with Crippen molar-refractivity contribution < 1.29 is 4.74 Å². The smallest absolute Gasteiger partial charge is 0.119 e. The molecule has 0 saturated heterocycles. The molecule has 0 aromatic heterocycles. The Morgan fingerprint density at radius 3 is 2.19 bits per heavy atom. The number of benzene rings is 1. The monoisotopic (exact) mass is 221 g/mol. The van der Waals surface area contributed by atoms with Gasteiger partial charge in [0, 0.05) is 0 Å². The van der Waals surface area contributed by atoms with E-state index in [-0.39, 0.29) is 0 Å². The van der Waals surface area contributed by atoms with Crippen LogP contribution in [0, 0.1) is 13.8 Å². The van der Waals surface area contributed by atoms with E-state index in [4.69, 9.17) is 10.5 Å². The van der Waals surface area contributed by atoms with Crippen molar-refractivity contribution in [3.63, 3.8) is 0 Å². The zero-order valence-corrected chi connectivity index (χ0v) is 10.5. The Morgan fingerprint density at radius 1 is 0.938 bits per heavy atom. The van der Waals surface area contributed by atoms with Gasteiger partial charge in [0.1, 0.15) is 5.75 Å². The molecule has 0 amide bonds. The lowest BCUT2D eigenvalue weighted by Crippen LogP contribution is -2.00. The van der Waals surface area contributed by atoms with Gasteiger partial charge in [-0.05, 0) is 56.5 Å². The van der Waals surface area contributed by atoms with Gasteiger partial charge < -0.3 is 10.5 Å². The minimum Gasteiger partial charge on any atom is -0.494 e. The number of ether oxygens (including phenoxy) is 1. The maximum atomic E-state index is 5.72. The Labute approximate surface area is 98.8 Å². The predicted molar refractivity (Wildman–Crippen MR) is 68.9 cm³/mol. The number of hydrogen-bond acceptors (Lipinski definition) is 2. The fourth-order valence-electron chi connectivity index (χ4n) is 1.81. The van der Waals surface area contributed by atoms with Gasteiger partial charge in [-0.2, -0.15) is 0 Å². The van der Waals surface area contributed by atoms with E-state index in [2.05, 4.69) is 32.0 Å². The Kier molecular flexibility index (Phi) is 5.94. The first kappa shape index (κ1) is 13.0. The van der Waals surface area contributed by atoms with Crippen LogP contribution in [0.15, 0.2) is 18.2 Å². The molecule has 0 aliphatic heterocycles. The Bertz CT molecular complexity index is 289. The van der Waals surface area contributed by atoms with Crippen molar-refractivity contribution in [1.82, 2.24) is 0 Å². The largest absolute Gasteiger partial charge is 0.494 e. The highest BCUT2D eigenvalue weighted by Gasteiger charge is 1.96. The van der Waals surface area contributed by atoms with Gasteiger partial charge in [0.25, 0.3) is 0 Å². The molecule has 0 spiro atoms. The Hall–Kier alpha value is -1.02. The van der Waals surface area contributed by atoms with Gasteiger partial charge in [-0.3, -0.25) is 0 Å². The first-order valence-corrected chi connectivity index (χ1v) is 6.13. The molecule has 2 nitrogen and oxygen atoms in total. The van der Waals surface area contributed by atoms with Crippen molar-refractivity contribution in [2.24, 2.45) is 5.73 Å². The van der Waals surface area contributed by atoms with Crippen molar-refractivity contribution in [2.75, 3.05) is 13.2 Å². The molecular formula is C14H23NO. The number of rotatable bonds is 7. The maximum absolute atomic E-state index is 5.72. The van der Waals surface area contributed by atoms with Crippen molar-refractivity contribution in [3.05, 3.63) is 29.3 Å². The second-order valence-electron chi connectivity index (χ2n) is 4.37. The lowest BCUT2D eigenvalue weighted by atomic mass is 10.1. The summed E-state index contributed by atoms with van der Waals surface area (Å²) in [5.41, 5.74) is 7.96. The van der Waals surface area contributed by atoms with Gasteiger partial charge in [-0.25, -0.2) is 0 Å². The number of hydrogen-bond donors (Lipinski definition) is 1. The predicted octanol–water partition coefficient (Wildman–Crippen LogP) is 3.20. The molecule has 1 aromatic rings. The lowest BCUT2D eigenvalue weighted by molar-refractivity contribution is 0.304. The summed E-state index contributed by atoms with van der Waals surface area (Å²) in [5.74, 6) is 0.997. The minimum absolute atomic E-state index is 0.804. The second-order valence-corrected chi connectivity index (χ2v) is 4.37. The van der Waals surface area contributed by atoms with Crippen LogP contribution in [0.25, 0.3) is 0 Å². The molecule has 0 atom stereocenters. The lowest BCUT2D eigenvalue weighted by Gasteiger charge is -2.08. The standard InChI is InChI=1S/C14H23NO/c1-12-9-13(2)11-14(10-12)16-8-6-4-3-5-7-15/h9-11H,3-8,15H2,1-2H3. The molecule has 0 saturated carbocycles. The van der Waals surface area contributed by atoms with Gasteiger partial charge in [-0.15, -0.1) is 0 Å². The first-order chi connectivity index (χ1) is 7.72. The third kappa shape index (κ3) is 5.17. The highest BCUT2D eigenvalue weighted by atomic mass is 16.5. The molecule has 0 heterocycles. The van der Waals surface area contributed by atoms with Gasteiger partial charge >= 0.3 is 0 Å². The van der Waals surface area contributed by atoms with Crippen LogP contribution in [0.3, 0.4) is 0 Å². The van der Waals surface area contributed by atoms with Crippen molar-refractivity contribution >= 4 is 0 Å². The topological polar surface area (TPSA) is 35.2 Å². The fourth-order valence-corrected chi connectivity index (χ4v) is 1.81. The van der Waals surface area contributed by atoms with Crippen LogP contribution in [-0.2, 0) is 0 Å². The Balaban J connectivity index is 2.21. The van der Waals surface area contributed by atoms with Crippen LogP contribution in [-0.4, -0.2) is 13.2 Å². The highest BCUT2D eigenvalue weighted by molar-refractivity contribution is 5.32. The molecule has 0 fully saturated rings. The molecule has 2 heteroatoms. The zero-order valence-electron chi connectivity index (χ0n) is 10.5. The Morgan fingerprint density at radius 2 is 1.56 bits per heavy atom. The SMILES string of the molecule is Cc1cc(C)cc(OCCCCCCN)c1. The molecule has 0 aliphatic carbocycles. The van der Waals surface area contributed by atoms with Crippen LogP contribution in [0.2, 0.25) is 0 Å². The molecule has 0 aliphatic rings. The summed E-state index contributed by atoms with van der Waals surface area (Å²) in [7, 11) is 0. The van der Waals surface area contributed by atoms with Crippen molar-refractivity contribution in [1.29, 1.82) is 0 Å². The van der Waals surface area contributed by atoms with Gasteiger partial charge in [0.2, 0.25) is 0 Å². The van der Waals surface area contributed by atoms with E-state index in [1.807, 2.05) is 0 Å². The molecule has 0 unspecified atom stereocenters. The highest BCUT2D eigenvalue weighted by Crippen LogP contribution is 2.16. The molecule has 90 valence electrons. The van der Waals surface area contributed by atoms with E-state index < -0.39 is 0 Å². The molecule has 16 heavy (non-hydrogen) atoms. The van der Waals surface area contributed by atoms with E-state index >= 15 is 0 Å². The van der Waals surface area contributed by atoms with Gasteiger partial charge in [0.15, 0.2) is 0 Å². The van der Waals surface area contributed by atoms with Crippen molar-refractivity contribution in [3.8, 4) is 5.75 Å². The second kappa shape index (κ2) is 7.29. The third-order valence-electron chi connectivity index (χ3n) is 2.56. The molecule has 2 N–H and O–H groups in total. The summed E-state index contributed by atoms with van der Waals surface area (Å²) in [6.45, 7) is 5.81. The molecule has 1 aromatic carbocycles. The average Bonchev–Trinajstić information content (AvgIpc) is 2.22. The minimum atomic E-state index is 0.804. The third-order valence-corrected chi connectivity index (χ3v) is 2.56. The average molecular weight is 221 g/mol. The van der Waals surface area contributed by atoms with Crippen LogP contribution in [0.4, 0.5) is 0 Å². The zero-order chi connectivity index (χ0) is 11.8. The summed E-state index contributed by atoms with van der Waals surface area (Å²) >= 11 is 0. The first-order valence-electron chi connectivity index (χ1n) is 6.13. The van der Waals surface area contributed by atoms with Crippen molar-refractivity contribution in [2.45, 2.75) is 39.5 Å². The number of aryl methyl sites for hydroxylation is 2. The maximum Gasteiger partial charge on any atom is 0.119 e. The summed E-state index contributed by atoms with van der Waals surface area (Å²) in [6, 6.07) is 6.34. The summed E-state index contributed by atoms with van der Waals surface area (Å²) < 4.78 is 5.72. The van der Waals surface area contributed by atoms with E-state index in [0.29, 0.717) is 0 Å². The van der Waals surface area contributed by atoms with Crippen LogP contribution >= 0.6 is 0 Å². The van der Waals surface area contributed by atoms with Crippen LogP contribution in [0.5, 0.6) is 5.75 Å². The van der Waals surface area contributed by atoms with E-state index in [0.717, 1.165) is 31.7 Å². The molecule has 1 rings (SSSR count). The summed E-state index contributed by atoms with van der Waals surface area (Å²) in [6.07, 6.45) is 4.67. The van der Waals surface area contributed by atoms with Gasteiger partial charge in [-0.1, -0.05) is 18.9 Å².